The first-order chi connectivity index (χ1) is 9.45. The molecular weight excluding hydrogens is 291 g/mol. The highest BCUT2D eigenvalue weighted by Crippen LogP contribution is 2.34. The van der Waals surface area contributed by atoms with Crippen LogP contribution in [0, 0.1) is 0 Å². The summed E-state index contributed by atoms with van der Waals surface area (Å²) < 4.78 is 43.0. The van der Waals surface area contributed by atoms with E-state index in [1.54, 1.807) is 24.3 Å². The number of benzene rings is 2. The first kappa shape index (κ1) is 13.0. The predicted octanol–water partition coefficient (Wildman–Crippen LogP) is 5.17. The van der Waals surface area contributed by atoms with Gasteiger partial charge in [-0.15, -0.1) is 0 Å². The Morgan fingerprint density at radius 1 is 1.00 bits per heavy atom. The van der Waals surface area contributed by atoms with Crippen molar-refractivity contribution in [3.63, 3.8) is 0 Å². The Morgan fingerprint density at radius 3 is 2.35 bits per heavy atom. The molecule has 0 aliphatic carbocycles. The summed E-state index contributed by atoms with van der Waals surface area (Å²) in [6.07, 6.45) is -4.40. The average Bonchev–Trinajstić information content (AvgIpc) is 2.81. The van der Waals surface area contributed by atoms with E-state index in [-0.39, 0.29) is 5.52 Å². The zero-order valence-corrected chi connectivity index (χ0v) is 10.7. The fourth-order valence-corrected chi connectivity index (χ4v) is 2.05. The monoisotopic (exact) mass is 297 g/mol. The third-order valence-electron chi connectivity index (χ3n) is 2.91. The molecule has 3 aromatic rings. The lowest BCUT2D eigenvalue weighted by Gasteiger charge is -2.05. The van der Waals surface area contributed by atoms with Crippen LogP contribution in [0.4, 0.5) is 13.2 Å². The van der Waals surface area contributed by atoms with Crippen LogP contribution < -0.4 is 0 Å². The number of hydrogen-bond donors (Lipinski definition) is 0. The predicted molar refractivity (Wildman–Crippen MR) is 69.5 cm³/mol. The Kier molecular flexibility index (Phi) is 2.94. The van der Waals surface area contributed by atoms with Gasteiger partial charge in [-0.2, -0.15) is 13.2 Å². The summed E-state index contributed by atoms with van der Waals surface area (Å²) >= 11 is 5.79. The summed E-state index contributed by atoms with van der Waals surface area (Å²) in [5, 5.41) is 4.78. The van der Waals surface area contributed by atoms with Crippen molar-refractivity contribution in [3.8, 4) is 11.3 Å². The van der Waals surface area contributed by atoms with Crippen LogP contribution >= 0.6 is 11.6 Å². The minimum Gasteiger partial charge on any atom is -0.355 e. The van der Waals surface area contributed by atoms with Crippen LogP contribution in [0.3, 0.4) is 0 Å². The van der Waals surface area contributed by atoms with Gasteiger partial charge < -0.3 is 4.52 Å². The second-order valence-electron chi connectivity index (χ2n) is 4.25. The summed E-state index contributed by atoms with van der Waals surface area (Å²) in [6, 6.07) is 10.1. The molecule has 0 saturated carbocycles. The van der Waals surface area contributed by atoms with E-state index < -0.39 is 11.7 Å². The Labute approximate surface area is 116 Å². The number of hydrogen-bond acceptors (Lipinski definition) is 2. The molecule has 0 bridgehead atoms. The van der Waals surface area contributed by atoms with E-state index in [1.807, 2.05) is 0 Å². The molecule has 6 heteroatoms. The van der Waals surface area contributed by atoms with Gasteiger partial charge in [0.15, 0.2) is 5.76 Å². The van der Waals surface area contributed by atoms with Gasteiger partial charge in [0.2, 0.25) is 0 Å². The topological polar surface area (TPSA) is 26.0 Å². The molecule has 0 amide bonds. The van der Waals surface area contributed by atoms with Crippen LogP contribution in [0.5, 0.6) is 0 Å². The van der Waals surface area contributed by atoms with E-state index in [4.69, 9.17) is 16.1 Å². The molecule has 0 radical (unpaired) electrons. The molecule has 0 unspecified atom stereocenters. The zero-order valence-electron chi connectivity index (χ0n) is 9.91. The van der Waals surface area contributed by atoms with Crippen molar-refractivity contribution in [2.24, 2.45) is 0 Å². The molecule has 2 nitrogen and oxygen atoms in total. The van der Waals surface area contributed by atoms with Crippen LogP contribution in [0.2, 0.25) is 5.02 Å². The normalized spacial score (nSPS) is 12.0. The second kappa shape index (κ2) is 4.52. The fraction of sp³-hybridized carbons (Fsp3) is 0.0714. The molecule has 1 heterocycles. The lowest BCUT2D eigenvalue weighted by atomic mass is 10.1. The van der Waals surface area contributed by atoms with E-state index in [0.717, 1.165) is 12.1 Å². The minimum absolute atomic E-state index is 0.171. The van der Waals surface area contributed by atoms with Crippen LogP contribution in [-0.4, -0.2) is 5.16 Å². The van der Waals surface area contributed by atoms with Gasteiger partial charge in [0.05, 0.1) is 5.56 Å². The number of alkyl halides is 3. The van der Waals surface area contributed by atoms with Gasteiger partial charge in [0.25, 0.3) is 0 Å². The molecule has 0 saturated heterocycles. The van der Waals surface area contributed by atoms with Crippen molar-refractivity contribution in [2.75, 3.05) is 0 Å². The van der Waals surface area contributed by atoms with Gasteiger partial charge in [-0.3, -0.25) is 0 Å². The van der Waals surface area contributed by atoms with Crippen molar-refractivity contribution in [3.05, 3.63) is 53.1 Å². The number of nitrogens with zero attached hydrogens (tertiary/aromatic N) is 1. The van der Waals surface area contributed by atoms with Crippen LogP contribution in [0.25, 0.3) is 22.2 Å². The van der Waals surface area contributed by atoms with E-state index >= 15 is 0 Å². The first-order valence-corrected chi connectivity index (χ1v) is 6.05. The molecule has 0 aliphatic heterocycles. The standard InChI is InChI=1S/C14H7ClF3NO/c15-10-4-1-8(2-5-10)13-11-6-3-9(14(16,17)18)7-12(11)19-20-13/h1-7H. The largest absolute Gasteiger partial charge is 0.416 e. The molecule has 102 valence electrons. The van der Waals surface area contributed by atoms with Crippen molar-refractivity contribution < 1.29 is 17.7 Å². The molecule has 2 aromatic carbocycles. The van der Waals surface area contributed by atoms with Crippen molar-refractivity contribution >= 4 is 22.5 Å². The van der Waals surface area contributed by atoms with E-state index in [2.05, 4.69) is 5.16 Å². The first-order valence-electron chi connectivity index (χ1n) is 5.68. The van der Waals surface area contributed by atoms with Gasteiger partial charge in [0, 0.05) is 16.0 Å². The quantitative estimate of drug-likeness (QED) is 0.619. The molecule has 0 N–H and O–H groups in total. The maximum absolute atomic E-state index is 12.6. The SMILES string of the molecule is FC(F)(F)c1ccc2c(-c3ccc(Cl)cc3)onc2c1. The lowest BCUT2D eigenvalue weighted by Crippen LogP contribution is -2.04. The highest BCUT2D eigenvalue weighted by atomic mass is 35.5. The Balaban J connectivity index is 2.13. The molecule has 0 atom stereocenters. The molecule has 0 fully saturated rings. The van der Waals surface area contributed by atoms with Crippen LogP contribution in [-0.2, 0) is 6.18 Å². The average molecular weight is 298 g/mol. The van der Waals surface area contributed by atoms with Crippen molar-refractivity contribution in [1.29, 1.82) is 0 Å². The Bertz CT molecular complexity index is 762. The molecule has 1 aromatic heterocycles. The zero-order chi connectivity index (χ0) is 14.3. The minimum atomic E-state index is -4.40. The highest BCUT2D eigenvalue weighted by Gasteiger charge is 2.31. The third kappa shape index (κ3) is 2.25. The Hall–Kier alpha value is -2.01. The maximum Gasteiger partial charge on any atom is 0.416 e. The molecule has 0 aliphatic rings. The lowest BCUT2D eigenvalue weighted by molar-refractivity contribution is -0.137. The smallest absolute Gasteiger partial charge is 0.355 e. The van der Waals surface area contributed by atoms with Gasteiger partial charge in [-0.05, 0) is 42.5 Å². The summed E-state index contributed by atoms with van der Waals surface area (Å²) in [4.78, 5) is 0. The third-order valence-corrected chi connectivity index (χ3v) is 3.16. The van der Waals surface area contributed by atoms with Gasteiger partial charge in [-0.1, -0.05) is 16.8 Å². The van der Waals surface area contributed by atoms with E-state index in [0.29, 0.717) is 21.7 Å². The summed E-state index contributed by atoms with van der Waals surface area (Å²) in [7, 11) is 0. The van der Waals surface area contributed by atoms with E-state index in [9.17, 15) is 13.2 Å². The molecule has 0 spiro atoms. The Morgan fingerprint density at radius 2 is 1.70 bits per heavy atom. The van der Waals surface area contributed by atoms with Crippen LogP contribution in [0.15, 0.2) is 47.0 Å². The number of fused-ring (bicyclic) bond motifs is 1. The number of aromatic nitrogens is 1. The van der Waals surface area contributed by atoms with Crippen molar-refractivity contribution in [2.45, 2.75) is 6.18 Å². The molecule has 3 rings (SSSR count). The van der Waals surface area contributed by atoms with Crippen molar-refractivity contribution in [1.82, 2.24) is 5.16 Å². The van der Waals surface area contributed by atoms with Gasteiger partial charge in [-0.25, -0.2) is 0 Å². The summed E-state index contributed by atoms with van der Waals surface area (Å²) in [6.45, 7) is 0. The van der Waals surface area contributed by atoms with Crippen LogP contribution in [0.1, 0.15) is 5.56 Å². The molecular formula is C14H7ClF3NO. The van der Waals surface area contributed by atoms with Gasteiger partial charge >= 0.3 is 6.18 Å². The second-order valence-corrected chi connectivity index (χ2v) is 4.68. The summed E-state index contributed by atoms with van der Waals surface area (Å²) in [5.74, 6) is 0.422. The number of halogens is 4. The molecule has 20 heavy (non-hydrogen) atoms. The van der Waals surface area contributed by atoms with E-state index in [1.165, 1.54) is 6.07 Å². The fourth-order valence-electron chi connectivity index (χ4n) is 1.93. The summed E-state index contributed by atoms with van der Waals surface area (Å²) in [5.41, 5.74) is 0.127. The highest BCUT2D eigenvalue weighted by molar-refractivity contribution is 6.30. The van der Waals surface area contributed by atoms with Gasteiger partial charge in [0.1, 0.15) is 5.52 Å². The maximum atomic E-state index is 12.6. The number of rotatable bonds is 1.